The van der Waals surface area contributed by atoms with Crippen LogP contribution in [-0.4, -0.2) is 26.8 Å². The topological polar surface area (TPSA) is 64.0 Å². The highest BCUT2D eigenvalue weighted by molar-refractivity contribution is 8.00. The molecular weight excluding hydrogens is 430 g/mol. The minimum atomic E-state index is -0.410. The second kappa shape index (κ2) is 10.5. The first-order valence-electron chi connectivity index (χ1n) is 11.1. The minimum Gasteiger partial charge on any atom is -0.353 e. The van der Waals surface area contributed by atoms with Gasteiger partial charge in [0.05, 0.1) is 21.8 Å². The van der Waals surface area contributed by atoms with Gasteiger partial charge in [-0.3, -0.25) is 14.2 Å². The average Bonchev–Trinajstić information content (AvgIpc) is 2.84. The van der Waals surface area contributed by atoms with Gasteiger partial charge in [-0.2, -0.15) is 0 Å². The predicted molar refractivity (Wildman–Crippen MR) is 135 cm³/mol. The van der Waals surface area contributed by atoms with Gasteiger partial charge in [-0.25, -0.2) is 4.98 Å². The van der Waals surface area contributed by atoms with E-state index >= 15 is 0 Å². The maximum absolute atomic E-state index is 13.3. The second-order valence-electron chi connectivity index (χ2n) is 8.08. The zero-order valence-corrected chi connectivity index (χ0v) is 19.6. The Morgan fingerprint density at radius 3 is 2.30 bits per heavy atom. The highest BCUT2D eigenvalue weighted by atomic mass is 32.2. The van der Waals surface area contributed by atoms with Crippen molar-refractivity contribution < 1.29 is 4.79 Å². The Bertz CT molecular complexity index is 1290. The second-order valence-corrected chi connectivity index (χ2v) is 9.39. The molecule has 1 N–H and O–H groups in total. The van der Waals surface area contributed by atoms with E-state index in [1.54, 1.807) is 10.6 Å². The molecule has 0 aliphatic rings. The number of benzene rings is 3. The molecule has 0 radical (unpaired) electrons. The van der Waals surface area contributed by atoms with Gasteiger partial charge in [0.2, 0.25) is 5.91 Å². The summed E-state index contributed by atoms with van der Waals surface area (Å²) in [4.78, 5) is 31.0. The fourth-order valence-electron chi connectivity index (χ4n) is 3.67. The molecule has 1 heterocycles. The van der Waals surface area contributed by atoms with Gasteiger partial charge in [-0.05, 0) is 56.5 Å². The quantitative estimate of drug-likeness (QED) is 0.299. The van der Waals surface area contributed by atoms with Crippen LogP contribution in [0.1, 0.15) is 25.8 Å². The third kappa shape index (κ3) is 5.52. The van der Waals surface area contributed by atoms with Gasteiger partial charge < -0.3 is 5.32 Å². The number of fused-ring (bicyclic) bond motifs is 1. The van der Waals surface area contributed by atoms with Crippen molar-refractivity contribution >= 4 is 28.6 Å². The molecule has 33 heavy (non-hydrogen) atoms. The van der Waals surface area contributed by atoms with Crippen LogP contribution in [0.15, 0.2) is 94.9 Å². The third-order valence-electron chi connectivity index (χ3n) is 5.51. The molecule has 0 aliphatic carbocycles. The number of amides is 1. The van der Waals surface area contributed by atoms with Gasteiger partial charge >= 0.3 is 0 Å². The SMILES string of the molecule is C[C@@H](CCc1ccccc1)NC(=O)[C@@H](C)Sc1nc2ccccc2c(=O)n1-c1ccccc1. The molecule has 2 atom stereocenters. The summed E-state index contributed by atoms with van der Waals surface area (Å²) >= 11 is 1.30. The van der Waals surface area contributed by atoms with Gasteiger partial charge in [-0.1, -0.05) is 72.4 Å². The molecule has 168 valence electrons. The van der Waals surface area contributed by atoms with Crippen molar-refractivity contribution in [1.29, 1.82) is 0 Å². The van der Waals surface area contributed by atoms with E-state index in [0.717, 1.165) is 18.5 Å². The molecule has 0 bridgehead atoms. The lowest BCUT2D eigenvalue weighted by molar-refractivity contribution is -0.120. The van der Waals surface area contributed by atoms with Crippen molar-refractivity contribution in [2.75, 3.05) is 0 Å². The Labute approximate surface area is 197 Å². The first kappa shape index (κ1) is 22.8. The Balaban J connectivity index is 1.52. The number of hydrogen-bond acceptors (Lipinski definition) is 4. The molecule has 0 spiro atoms. The average molecular weight is 458 g/mol. The standard InChI is InChI=1S/C27H27N3O2S/c1-19(17-18-21-11-5-3-6-12-21)28-25(31)20(2)33-27-29-24-16-10-9-15-23(24)26(32)30(27)22-13-7-4-8-14-22/h3-16,19-20H,17-18H2,1-2H3,(H,28,31)/t19-,20+/m0/s1. The monoisotopic (exact) mass is 457 g/mol. The van der Waals surface area contributed by atoms with Gasteiger partial charge in [0, 0.05) is 6.04 Å². The number of aryl methyl sites for hydroxylation is 1. The normalized spacial score (nSPS) is 12.9. The van der Waals surface area contributed by atoms with Crippen LogP contribution in [0.3, 0.4) is 0 Å². The van der Waals surface area contributed by atoms with E-state index < -0.39 is 5.25 Å². The maximum atomic E-state index is 13.3. The maximum Gasteiger partial charge on any atom is 0.266 e. The van der Waals surface area contributed by atoms with E-state index in [0.29, 0.717) is 16.1 Å². The van der Waals surface area contributed by atoms with Gasteiger partial charge in [0.25, 0.3) is 5.56 Å². The van der Waals surface area contributed by atoms with Crippen LogP contribution < -0.4 is 10.9 Å². The van der Waals surface area contributed by atoms with Crippen molar-refractivity contribution in [2.24, 2.45) is 0 Å². The number of hydrogen-bond donors (Lipinski definition) is 1. The molecule has 6 heteroatoms. The zero-order valence-electron chi connectivity index (χ0n) is 18.8. The highest BCUT2D eigenvalue weighted by Gasteiger charge is 2.21. The van der Waals surface area contributed by atoms with Crippen LogP contribution >= 0.6 is 11.8 Å². The first-order valence-corrected chi connectivity index (χ1v) is 12.0. The lowest BCUT2D eigenvalue weighted by atomic mass is 10.1. The van der Waals surface area contributed by atoms with E-state index in [-0.39, 0.29) is 17.5 Å². The van der Waals surface area contributed by atoms with E-state index in [1.807, 2.05) is 80.6 Å². The fraction of sp³-hybridized carbons (Fsp3) is 0.222. The van der Waals surface area contributed by atoms with Crippen molar-refractivity contribution in [3.05, 3.63) is 101 Å². The number of rotatable bonds is 8. The van der Waals surface area contributed by atoms with Gasteiger partial charge in [-0.15, -0.1) is 0 Å². The Hall–Kier alpha value is -3.38. The number of carbonyl (C=O) groups is 1. The number of thioether (sulfide) groups is 1. The molecule has 1 aromatic heterocycles. The fourth-order valence-corrected chi connectivity index (χ4v) is 4.60. The van der Waals surface area contributed by atoms with Crippen molar-refractivity contribution in [3.8, 4) is 5.69 Å². The largest absolute Gasteiger partial charge is 0.353 e. The Morgan fingerprint density at radius 1 is 0.939 bits per heavy atom. The predicted octanol–water partition coefficient (Wildman–Crippen LogP) is 5.00. The Morgan fingerprint density at radius 2 is 1.58 bits per heavy atom. The third-order valence-corrected chi connectivity index (χ3v) is 6.56. The molecule has 0 aliphatic heterocycles. The summed E-state index contributed by atoms with van der Waals surface area (Å²) in [6.07, 6.45) is 1.76. The smallest absolute Gasteiger partial charge is 0.266 e. The minimum absolute atomic E-state index is 0.0432. The molecule has 5 nitrogen and oxygen atoms in total. The molecule has 1 amide bonds. The first-order chi connectivity index (χ1) is 16.0. The van der Waals surface area contributed by atoms with Crippen molar-refractivity contribution in [1.82, 2.24) is 14.9 Å². The van der Waals surface area contributed by atoms with Crippen molar-refractivity contribution in [2.45, 2.75) is 43.1 Å². The van der Waals surface area contributed by atoms with E-state index in [4.69, 9.17) is 4.98 Å². The summed E-state index contributed by atoms with van der Waals surface area (Å²) in [7, 11) is 0. The number of para-hydroxylation sites is 2. The summed E-state index contributed by atoms with van der Waals surface area (Å²) < 4.78 is 1.59. The van der Waals surface area contributed by atoms with E-state index in [9.17, 15) is 9.59 Å². The van der Waals surface area contributed by atoms with E-state index in [2.05, 4.69) is 17.4 Å². The molecule has 0 saturated heterocycles. The number of nitrogens with one attached hydrogen (secondary N) is 1. The van der Waals surface area contributed by atoms with Crippen LogP contribution in [0.25, 0.3) is 16.6 Å². The van der Waals surface area contributed by atoms with E-state index in [1.165, 1.54) is 17.3 Å². The molecule has 4 rings (SSSR count). The highest BCUT2D eigenvalue weighted by Crippen LogP contribution is 2.25. The summed E-state index contributed by atoms with van der Waals surface area (Å²) in [6.45, 7) is 3.87. The molecule has 4 aromatic rings. The van der Waals surface area contributed by atoms with Crippen LogP contribution in [0.2, 0.25) is 0 Å². The summed E-state index contributed by atoms with van der Waals surface area (Å²) in [6, 6.07) is 27.0. The number of nitrogens with zero attached hydrogens (tertiary/aromatic N) is 2. The summed E-state index contributed by atoms with van der Waals surface area (Å²) in [5.74, 6) is -0.0671. The number of aromatic nitrogens is 2. The molecular formula is C27H27N3O2S. The van der Waals surface area contributed by atoms with Crippen LogP contribution in [0, 0.1) is 0 Å². The Kier molecular flexibility index (Phi) is 7.25. The lowest BCUT2D eigenvalue weighted by Crippen LogP contribution is -2.38. The molecule has 0 unspecified atom stereocenters. The van der Waals surface area contributed by atoms with Crippen LogP contribution in [0.5, 0.6) is 0 Å². The van der Waals surface area contributed by atoms with Crippen LogP contribution in [0.4, 0.5) is 0 Å². The van der Waals surface area contributed by atoms with Gasteiger partial charge in [0.15, 0.2) is 5.16 Å². The molecule has 0 saturated carbocycles. The lowest BCUT2D eigenvalue weighted by Gasteiger charge is -2.19. The molecule has 3 aromatic carbocycles. The van der Waals surface area contributed by atoms with Gasteiger partial charge in [0.1, 0.15) is 0 Å². The summed E-state index contributed by atoms with van der Waals surface area (Å²) in [5.41, 5.74) is 2.47. The number of carbonyl (C=O) groups excluding carboxylic acids is 1. The zero-order chi connectivity index (χ0) is 23.2. The van der Waals surface area contributed by atoms with Crippen molar-refractivity contribution in [3.63, 3.8) is 0 Å². The van der Waals surface area contributed by atoms with Crippen LogP contribution in [-0.2, 0) is 11.2 Å². The molecule has 0 fully saturated rings. The summed E-state index contributed by atoms with van der Waals surface area (Å²) in [5, 5.41) is 3.75.